The van der Waals surface area contributed by atoms with Crippen LogP contribution in [0.25, 0.3) is 11.3 Å². The normalized spacial score (nSPS) is 23.4. The molecular weight excluding hydrogens is 412 g/mol. The average Bonchev–Trinajstić information content (AvgIpc) is 3.51. The molecule has 6 nitrogen and oxygen atoms in total. The maximum Gasteiger partial charge on any atom is 0.222 e. The zero-order valence-corrected chi connectivity index (χ0v) is 19.8. The number of hydrogen-bond acceptors (Lipinski definition) is 4. The third kappa shape index (κ3) is 3.76. The van der Waals surface area contributed by atoms with Gasteiger partial charge in [0.15, 0.2) is 0 Å². The molecule has 1 aromatic heterocycles. The first-order chi connectivity index (χ1) is 16.1. The molecular formula is C27H36N4O2. The smallest absolute Gasteiger partial charge is 0.222 e. The summed E-state index contributed by atoms with van der Waals surface area (Å²) in [6.45, 7) is 3.76. The number of likely N-dealkylation sites (tertiary alicyclic amines) is 2. The first-order valence-electron chi connectivity index (χ1n) is 13.0. The van der Waals surface area contributed by atoms with E-state index in [9.17, 15) is 4.79 Å². The molecule has 176 valence electrons. The van der Waals surface area contributed by atoms with Gasteiger partial charge in [0.1, 0.15) is 11.4 Å². The van der Waals surface area contributed by atoms with Crippen LogP contribution in [0.15, 0.2) is 30.5 Å². The van der Waals surface area contributed by atoms with Crippen LogP contribution in [-0.2, 0) is 10.4 Å². The first-order valence-corrected chi connectivity index (χ1v) is 13.0. The average molecular weight is 449 g/mol. The molecule has 3 fully saturated rings. The molecule has 6 heteroatoms. The van der Waals surface area contributed by atoms with Crippen LogP contribution in [0.2, 0.25) is 0 Å². The van der Waals surface area contributed by atoms with Gasteiger partial charge in [-0.1, -0.05) is 25.0 Å². The van der Waals surface area contributed by atoms with Crippen molar-refractivity contribution in [3.8, 4) is 17.0 Å². The summed E-state index contributed by atoms with van der Waals surface area (Å²) >= 11 is 0. The van der Waals surface area contributed by atoms with Gasteiger partial charge in [0.25, 0.3) is 0 Å². The molecule has 0 unspecified atom stereocenters. The number of nitrogens with zero attached hydrogens (tertiary/aromatic N) is 4. The topological polar surface area (TPSA) is 50.6 Å². The van der Waals surface area contributed by atoms with Crippen molar-refractivity contribution in [2.45, 2.75) is 69.4 Å². The summed E-state index contributed by atoms with van der Waals surface area (Å²) in [7, 11) is 2.20. The van der Waals surface area contributed by atoms with Crippen molar-refractivity contribution < 1.29 is 9.53 Å². The van der Waals surface area contributed by atoms with E-state index in [1.165, 1.54) is 36.9 Å². The van der Waals surface area contributed by atoms with E-state index in [-0.39, 0.29) is 5.60 Å². The van der Waals surface area contributed by atoms with Crippen molar-refractivity contribution in [3.05, 3.63) is 36.0 Å². The number of rotatable bonds is 3. The van der Waals surface area contributed by atoms with E-state index in [1.807, 2.05) is 0 Å². The molecule has 0 bridgehead atoms. The summed E-state index contributed by atoms with van der Waals surface area (Å²) in [5.41, 5.74) is 3.26. The van der Waals surface area contributed by atoms with Gasteiger partial charge in [-0.05, 0) is 63.9 Å². The van der Waals surface area contributed by atoms with Gasteiger partial charge in [-0.2, -0.15) is 5.10 Å². The van der Waals surface area contributed by atoms with Crippen LogP contribution < -0.4 is 4.74 Å². The van der Waals surface area contributed by atoms with Crippen LogP contribution in [-0.4, -0.2) is 58.7 Å². The molecule has 1 aliphatic carbocycles. The molecule has 0 atom stereocenters. The fourth-order valence-corrected chi connectivity index (χ4v) is 6.58. The number of carbonyl (C=O) groups is 1. The van der Waals surface area contributed by atoms with E-state index in [4.69, 9.17) is 9.84 Å². The van der Waals surface area contributed by atoms with Gasteiger partial charge in [0.05, 0.1) is 17.9 Å². The number of amides is 1. The second-order valence-corrected chi connectivity index (χ2v) is 10.7. The minimum Gasteiger partial charge on any atom is -0.482 e. The van der Waals surface area contributed by atoms with Crippen LogP contribution in [0.1, 0.15) is 69.4 Å². The highest BCUT2D eigenvalue weighted by molar-refractivity contribution is 5.77. The highest BCUT2D eigenvalue weighted by Gasteiger charge is 2.46. The fraction of sp³-hybridized carbons (Fsp3) is 0.630. The van der Waals surface area contributed by atoms with Gasteiger partial charge < -0.3 is 14.5 Å². The second-order valence-electron chi connectivity index (χ2n) is 10.7. The van der Waals surface area contributed by atoms with E-state index in [2.05, 4.69) is 52.0 Å². The summed E-state index contributed by atoms with van der Waals surface area (Å²) in [6.07, 6.45) is 11.8. The van der Waals surface area contributed by atoms with Crippen molar-refractivity contribution in [2.24, 2.45) is 5.92 Å². The van der Waals surface area contributed by atoms with Crippen LogP contribution >= 0.6 is 0 Å². The summed E-state index contributed by atoms with van der Waals surface area (Å²) in [5.74, 6) is 1.91. The SMILES string of the molecule is CN1CCC(n2ncc3c2-c2ccccc2OC32CCN(C(=O)CC3CCCC3)CC2)CC1. The molecule has 1 saturated carbocycles. The Morgan fingerprint density at radius 2 is 1.79 bits per heavy atom. The molecule has 1 aromatic carbocycles. The minimum atomic E-state index is -0.377. The van der Waals surface area contributed by atoms with Crippen molar-refractivity contribution in [1.29, 1.82) is 0 Å². The van der Waals surface area contributed by atoms with Gasteiger partial charge in [-0.25, -0.2) is 0 Å². The molecule has 4 heterocycles. The third-order valence-corrected chi connectivity index (χ3v) is 8.63. The van der Waals surface area contributed by atoms with Crippen LogP contribution in [0, 0.1) is 5.92 Å². The Morgan fingerprint density at radius 1 is 1.06 bits per heavy atom. The highest BCUT2D eigenvalue weighted by atomic mass is 16.5. The number of fused-ring (bicyclic) bond motifs is 4. The van der Waals surface area contributed by atoms with Gasteiger partial charge >= 0.3 is 0 Å². The van der Waals surface area contributed by atoms with Crippen molar-refractivity contribution >= 4 is 5.91 Å². The number of ether oxygens (including phenoxy) is 1. The summed E-state index contributed by atoms with van der Waals surface area (Å²) in [6, 6.07) is 8.87. The standard InChI is InChI=1S/C27H36N4O2/c1-29-14-10-21(11-15-29)31-26-22-8-4-5-9-24(22)33-27(23(26)19-28-31)12-16-30(17-13-27)25(32)18-20-6-2-3-7-20/h4-5,8-9,19-21H,2-3,6-7,10-18H2,1H3. The monoisotopic (exact) mass is 448 g/mol. The quantitative estimate of drug-likeness (QED) is 0.688. The summed E-state index contributed by atoms with van der Waals surface area (Å²) in [4.78, 5) is 17.5. The molecule has 33 heavy (non-hydrogen) atoms. The van der Waals surface area contributed by atoms with Gasteiger partial charge in [0.2, 0.25) is 5.91 Å². The van der Waals surface area contributed by atoms with Crippen molar-refractivity contribution in [3.63, 3.8) is 0 Å². The maximum atomic E-state index is 13.0. The highest BCUT2D eigenvalue weighted by Crippen LogP contribution is 2.50. The molecule has 1 spiro atoms. The zero-order valence-electron chi connectivity index (χ0n) is 19.8. The maximum absolute atomic E-state index is 13.0. The predicted molar refractivity (Wildman–Crippen MR) is 128 cm³/mol. The van der Waals surface area contributed by atoms with E-state index in [0.717, 1.165) is 69.6 Å². The number of carbonyl (C=O) groups excluding carboxylic acids is 1. The number of hydrogen-bond donors (Lipinski definition) is 0. The van der Waals surface area contributed by atoms with Gasteiger partial charge in [-0.3, -0.25) is 9.48 Å². The Hall–Kier alpha value is -2.34. The largest absolute Gasteiger partial charge is 0.482 e. The number of para-hydroxylation sites is 1. The lowest BCUT2D eigenvalue weighted by molar-refractivity contribution is -0.136. The van der Waals surface area contributed by atoms with Gasteiger partial charge in [0, 0.05) is 43.5 Å². The first kappa shape index (κ1) is 21.2. The van der Waals surface area contributed by atoms with E-state index in [1.54, 1.807) is 0 Å². The predicted octanol–water partition coefficient (Wildman–Crippen LogP) is 4.61. The molecule has 3 aliphatic heterocycles. The Balaban J connectivity index is 1.27. The molecule has 1 amide bonds. The molecule has 0 radical (unpaired) electrons. The van der Waals surface area contributed by atoms with Crippen LogP contribution in [0.5, 0.6) is 5.75 Å². The molecule has 4 aliphatic rings. The molecule has 0 N–H and O–H groups in total. The molecule has 2 aromatic rings. The van der Waals surface area contributed by atoms with Gasteiger partial charge in [-0.15, -0.1) is 0 Å². The number of benzene rings is 1. The van der Waals surface area contributed by atoms with E-state index in [0.29, 0.717) is 17.9 Å². The summed E-state index contributed by atoms with van der Waals surface area (Å²) < 4.78 is 9.06. The molecule has 6 rings (SSSR count). The number of piperidine rings is 2. The fourth-order valence-electron chi connectivity index (χ4n) is 6.58. The lowest BCUT2D eigenvalue weighted by atomic mass is 9.80. The summed E-state index contributed by atoms with van der Waals surface area (Å²) in [5, 5.41) is 4.96. The Bertz CT molecular complexity index is 1010. The zero-order chi connectivity index (χ0) is 22.4. The second kappa shape index (κ2) is 8.46. The van der Waals surface area contributed by atoms with E-state index >= 15 is 0 Å². The van der Waals surface area contributed by atoms with Crippen LogP contribution in [0.4, 0.5) is 0 Å². The lowest BCUT2D eigenvalue weighted by Gasteiger charge is -2.45. The number of aromatic nitrogens is 2. The van der Waals surface area contributed by atoms with Crippen molar-refractivity contribution in [2.75, 3.05) is 33.2 Å². The Morgan fingerprint density at radius 3 is 2.55 bits per heavy atom. The minimum absolute atomic E-state index is 0.343. The Kier molecular flexibility index (Phi) is 5.44. The van der Waals surface area contributed by atoms with E-state index < -0.39 is 0 Å². The lowest BCUT2D eigenvalue weighted by Crippen LogP contribution is -2.49. The Labute approximate surface area is 196 Å². The third-order valence-electron chi connectivity index (χ3n) is 8.63. The van der Waals surface area contributed by atoms with Crippen molar-refractivity contribution in [1.82, 2.24) is 19.6 Å². The molecule has 2 saturated heterocycles. The van der Waals surface area contributed by atoms with Crippen LogP contribution in [0.3, 0.4) is 0 Å².